The molecule has 0 saturated heterocycles. The van der Waals surface area contributed by atoms with E-state index in [9.17, 15) is 0 Å². The van der Waals surface area contributed by atoms with Crippen molar-refractivity contribution in [2.24, 2.45) is 0 Å². The van der Waals surface area contributed by atoms with E-state index >= 15 is 0 Å². The molecule has 5 heteroatoms. The minimum Gasteiger partial charge on any atom is -0.385 e. The summed E-state index contributed by atoms with van der Waals surface area (Å²) in [6.07, 6.45) is 3.64. The second kappa shape index (κ2) is 6.75. The Balaban J connectivity index is 1.99. The Labute approximate surface area is 88.0 Å². The molecular weight excluding hydrogens is 200 g/mol. The molecule has 0 aliphatic carbocycles. The highest BCUT2D eigenvalue weighted by Crippen LogP contribution is 2.14. The Morgan fingerprint density at radius 1 is 1.43 bits per heavy atom. The SMILES string of the molecule is COCCCOCCc1cnc(N)s1. The molecule has 0 aromatic carbocycles. The number of rotatable bonds is 7. The maximum Gasteiger partial charge on any atom is 0.180 e. The van der Waals surface area contributed by atoms with E-state index < -0.39 is 0 Å². The van der Waals surface area contributed by atoms with Gasteiger partial charge in [-0.05, 0) is 6.42 Å². The molecule has 0 radical (unpaired) electrons. The number of ether oxygens (including phenoxy) is 2. The fourth-order valence-corrected chi connectivity index (χ4v) is 1.68. The Hall–Kier alpha value is -0.650. The highest BCUT2D eigenvalue weighted by atomic mass is 32.1. The first-order valence-electron chi connectivity index (χ1n) is 4.60. The molecule has 0 aliphatic heterocycles. The molecule has 14 heavy (non-hydrogen) atoms. The third-order valence-electron chi connectivity index (χ3n) is 1.70. The van der Waals surface area contributed by atoms with E-state index in [1.54, 1.807) is 13.3 Å². The van der Waals surface area contributed by atoms with Gasteiger partial charge in [0, 0.05) is 37.8 Å². The number of hydrogen-bond acceptors (Lipinski definition) is 5. The summed E-state index contributed by atoms with van der Waals surface area (Å²) >= 11 is 1.52. The number of nitrogens with two attached hydrogens (primary N) is 1. The summed E-state index contributed by atoms with van der Waals surface area (Å²) in [5, 5.41) is 0.624. The van der Waals surface area contributed by atoms with Gasteiger partial charge in [0.15, 0.2) is 5.13 Å². The van der Waals surface area contributed by atoms with Crippen LogP contribution < -0.4 is 5.73 Å². The third kappa shape index (κ3) is 4.55. The van der Waals surface area contributed by atoms with Gasteiger partial charge in [-0.1, -0.05) is 0 Å². The lowest BCUT2D eigenvalue weighted by Crippen LogP contribution is -2.01. The zero-order valence-electron chi connectivity index (χ0n) is 8.36. The van der Waals surface area contributed by atoms with Gasteiger partial charge in [-0.2, -0.15) is 0 Å². The molecule has 2 N–H and O–H groups in total. The molecule has 0 aliphatic rings. The fraction of sp³-hybridized carbons (Fsp3) is 0.667. The minimum absolute atomic E-state index is 0.624. The first kappa shape index (κ1) is 11.4. The zero-order chi connectivity index (χ0) is 10.2. The Morgan fingerprint density at radius 3 is 2.93 bits per heavy atom. The maximum atomic E-state index is 5.50. The molecule has 0 amide bonds. The average Bonchev–Trinajstić information content (AvgIpc) is 2.58. The largest absolute Gasteiger partial charge is 0.385 e. The second-order valence-corrected chi connectivity index (χ2v) is 4.02. The van der Waals surface area contributed by atoms with Crippen molar-refractivity contribution in [2.75, 3.05) is 32.7 Å². The van der Waals surface area contributed by atoms with Crippen molar-refractivity contribution in [2.45, 2.75) is 12.8 Å². The van der Waals surface area contributed by atoms with Crippen molar-refractivity contribution in [3.05, 3.63) is 11.1 Å². The summed E-state index contributed by atoms with van der Waals surface area (Å²) in [6.45, 7) is 2.24. The van der Waals surface area contributed by atoms with Crippen molar-refractivity contribution in [3.63, 3.8) is 0 Å². The molecule has 1 rings (SSSR count). The van der Waals surface area contributed by atoms with E-state index in [0.717, 1.165) is 32.7 Å². The molecule has 80 valence electrons. The van der Waals surface area contributed by atoms with Crippen LogP contribution in [0.25, 0.3) is 0 Å². The van der Waals surface area contributed by atoms with Crippen LogP contribution in [-0.2, 0) is 15.9 Å². The molecule has 1 aromatic rings. The zero-order valence-corrected chi connectivity index (χ0v) is 9.18. The standard InChI is InChI=1S/C9H16N2O2S/c1-12-4-2-5-13-6-3-8-7-11-9(10)14-8/h7H,2-6H2,1H3,(H2,10,11). The molecule has 0 saturated carbocycles. The van der Waals surface area contributed by atoms with Crippen LogP contribution >= 0.6 is 11.3 Å². The summed E-state index contributed by atoms with van der Waals surface area (Å²) in [6, 6.07) is 0. The number of methoxy groups -OCH3 is 1. The third-order valence-corrected chi connectivity index (χ3v) is 2.59. The summed E-state index contributed by atoms with van der Waals surface area (Å²) in [5.41, 5.74) is 5.50. The quantitative estimate of drug-likeness (QED) is 0.698. The van der Waals surface area contributed by atoms with Gasteiger partial charge in [-0.25, -0.2) is 4.98 Å². The lowest BCUT2D eigenvalue weighted by atomic mass is 10.4. The highest BCUT2D eigenvalue weighted by Gasteiger charge is 1.98. The number of nitrogens with zero attached hydrogens (tertiary/aromatic N) is 1. The van der Waals surface area contributed by atoms with Crippen LogP contribution in [0, 0.1) is 0 Å². The van der Waals surface area contributed by atoms with E-state index in [4.69, 9.17) is 15.2 Å². The number of thiazole rings is 1. The van der Waals surface area contributed by atoms with Crippen molar-refractivity contribution >= 4 is 16.5 Å². The van der Waals surface area contributed by atoms with Crippen LogP contribution in [0.15, 0.2) is 6.20 Å². The molecule has 0 spiro atoms. The second-order valence-electron chi connectivity index (χ2n) is 2.87. The minimum atomic E-state index is 0.624. The number of anilines is 1. The molecule has 1 heterocycles. The lowest BCUT2D eigenvalue weighted by molar-refractivity contribution is 0.105. The van der Waals surface area contributed by atoms with Crippen LogP contribution in [0.4, 0.5) is 5.13 Å². The first-order chi connectivity index (χ1) is 6.83. The maximum absolute atomic E-state index is 5.50. The summed E-state index contributed by atoms with van der Waals surface area (Å²) in [5.74, 6) is 0. The van der Waals surface area contributed by atoms with Gasteiger partial charge in [-0.3, -0.25) is 0 Å². The molecule has 0 unspecified atom stereocenters. The molecular formula is C9H16N2O2S. The fourth-order valence-electron chi connectivity index (χ4n) is 1.02. The lowest BCUT2D eigenvalue weighted by Gasteiger charge is -2.01. The predicted molar refractivity (Wildman–Crippen MR) is 57.5 cm³/mol. The summed E-state index contributed by atoms with van der Waals surface area (Å²) < 4.78 is 10.3. The van der Waals surface area contributed by atoms with Crippen LogP contribution in [0.5, 0.6) is 0 Å². The Bertz CT molecular complexity index is 253. The summed E-state index contributed by atoms with van der Waals surface area (Å²) in [4.78, 5) is 5.14. The van der Waals surface area contributed by atoms with Crippen LogP contribution in [0.2, 0.25) is 0 Å². The number of nitrogen functional groups attached to an aromatic ring is 1. The van der Waals surface area contributed by atoms with Crippen molar-refractivity contribution in [3.8, 4) is 0 Å². The molecule has 0 fully saturated rings. The molecule has 0 bridgehead atoms. The predicted octanol–water partition coefficient (Wildman–Crippen LogP) is 1.32. The van der Waals surface area contributed by atoms with E-state index in [1.165, 1.54) is 16.2 Å². The van der Waals surface area contributed by atoms with Gasteiger partial charge in [0.1, 0.15) is 0 Å². The Kier molecular flexibility index (Phi) is 5.51. The van der Waals surface area contributed by atoms with Gasteiger partial charge >= 0.3 is 0 Å². The van der Waals surface area contributed by atoms with E-state index in [2.05, 4.69) is 4.98 Å². The normalized spacial score (nSPS) is 10.6. The Morgan fingerprint density at radius 2 is 2.29 bits per heavy atom. The van der Waals surface area contributed by atoms with Gasteiger partial charge in [0.25, 0.3) is 0 Å². The number of aromatic nitrogens is 1. The van der Waals surface area contributed by atoms with E-state index in [1.807, 2.05) is 0 Å². The van der Waals surface area contributed by atoms with Crippen LogP contribution in [0.1, 0.15) is 11.3 Å². The van der Waals surface area contributed by atoms with Crippen molar-refractivity contribution < 1.29 is 9.47 Å². The van der Waals surface area contributed by atoms with E-state index in [-0.39, 0.29) is 0 Å². The average molecular weight is 216 g/mol. The molecule has 1 aromatic heterocycles. The van der Waals surface area contributed by atoms with Crippen LogP contribution in [-0.4, -0.2) is 31.9 Å². The smallest absolute Gasteiger partial charge is 0.180 e. The number of hydrogen-bond donors (Lipinski definition) is 1. The van der Waals surface area contributed by atoms with Gasteiger partial charge in [0.05, 0.1) is 6.61 Å². The van der Waals surface area contributed by atoms with Crippen molar-refractivity contribution in [1.29, 1.82) is 0 Å². The van der Waals surface area contributed by atoms with Crippen molar-refractivity contribution in [1.82, 2.24) is 4.98 Å². The van der Waals surface area contributed by atoms with Crippen LogP contribution in [0.3, 0.4) is 0 Å². The van der Waals surface area contributed by atoms with Gasteiger partial charge in [0.2, 0.25) is 0 Å². The summed E-state index contributed by atoms with van der Waals surface area (Å²) in [7, 11) is 1.69. The molecule has 0 atom stereocenters. The monoisotopic (exact) mass is 216 g/mol. The molecule has 4 nitrogen and oxygen atoms in total. The van der Waals surface area contributed by atoms with E-state index in [0.29, 0.717) is 5.13 Å². The first-order valence-corrected chi connectivity index (χ1v) is 5.41. The van der Waals surface area contributed by atoms with Gasteiger partial charge < -0.3 is 15.2 Å². The topological polar surface area (TPSA) is 57.4 Å². The highest BCUT2D eigenvalue weighted by molar-refractivity contribution is 7.15. The van der Waals surface area contributed by atoms with Gasteiger partial charge in [-0.15, -0.1) is 11.3 Å².